The zero-order valence-electron chi connectivity index (χ0n) is 13.7. The molecular weight excluding hydrogens is 323 g/mol. The first-order valence-electron chi connectivity index (χ1n) is 7.90. The Bertz CT molecular complexity index is 811. The van der Waals surface area contributed by atoms with Crippen molar-refractivity contribution in [2.45, 2.75) is 25.8 Å². The topological polar surface area (TPSA) is 33.2 Å². The predicted octanol–water partition coefficient (Wildman–Crippen LogP) is 4.59. The van der Waals surface area contributed by atoms with E-state index in [0.29, 0.717) is 12.8 Å². The summed E-state index contributed by atoms with van der Waals surface area (Å²) in [7, 11) is 1.79. The zero-order valence-corrected chi connectivity index (χ0v) is 14.5. The van der Waals surface area contributed by atoms with Crippen LogP contribution in [0.15, 0.2) is 48.5 Å². The Labute approximate surface area is 144 Å². The SMILES string of the molecule is C[C@H](c1ccc(F)cc1)N(C)C(=O)CCc1nc2ccccc2s1. The van der Waals surface area contributed by atoms with Gasteiger partial charge in [-0.2, -0.15) is 0 Å². The molecule has 124 valence electrons. The number of aryl methyl sites for hydroxylation is 1. The highest BCUT2D eigenvalue weighted by Gasteiger charge is 2.18. The Morgan fingerprint density at radius 3 is 2.62 bits per heavy atom. The van der Waals surface area contributed by atoms with Crippen molar-refractivity contribution in [2.75, 3.05) is 7.05 Å². The van der Waals surface area contributed by atoms with Gasteiger partial charge >= 0.3 is 0 Å². The minimum atomic E-state index is -0.268. The number of aromatic nitrogens is 1. The molecule has 1 aromatic heterocycles. The van der Waals surface area contributed by atoms with E-state index >= 15 is 0 Å². The van der Waals surface area contributed by atoms with Crippen molar-refractivity contribution in [1.29, 1.82) is 0 Å². The van der Waals surface area contributed by atoms with E-state index in [1.165, 1.54) is 12.1 Å². The predicted molar refractivity (Wildman–Crippen MR) is 95.5 cm³/mol. The van der Waals surface area contributed by atoms with E-state index in [9.17, 15) is 9.18 Å². The monoisotopic (exact) mass is 342 g/mol. The van der Waals surface area contributed by atoms with Gasteiger partial charge in [-0.3, -0.25) is 4.79 Å². The van der Waals surface area contributed by atoms with E-state index < -0.39 is 0 Å². The van der Waals surface area contributed by atoms with Crippen LogP contribution in [0.2, 0.25) is 0 Å². The first kappa shape index (κ1) is 16.6. The summed E-state index contributed by atoms with van der Waals surface area (Å²) in [4.78, 5) is 18.7. The van der Waals surface area contributed by atoms with Crippen LogP contribution in [0.4, 0.5) is 4.39 Å². The van der Waals surface area contributed by atoms with E-state index in [0.717, 1.165) is 20.8 Å². The van der Waals surface area contributed by atoms with Crippen molar-refractivity contribution in [3.63, 3.8) is 0 Å². The van der Waals surface area contributed by atoms with E-state index in [1.807, 2.05) is 31.2 Å². The van der Waals surface area contributed by atoms with Crippen LogP contribution in [0.3, 0.4) is 0 Å². The highest BCUT2D eigenvalue weighted by atomic mass is 32.1. The Balaban J connectivity index is 1.62. The molecule has 0 bridgehead atoms. The summed E-state index contributed by atoms with van der Waals surface area (Å²) in [6.45, 7) is 1.95. The van der Waals surface area contributed by atoms with Gasteiger partial charge in [-0.05, 0) is 36.8 Å². The van der Waals surface area contributed by atoms with E-state index in [-0.39, 0.29) is 17.8 Å². The molecule has 2 aromatic carbocycles. The van der Waals surface area contributed by atoms with Crippen LogP contribution in [0.25, 0.3) is 10.2 Å². The summed E-state index contributed by atoms with van der Waals surface area (Å²) in [6, 6.07) is 14.2. The second-order valence-electron chi connectivity index (χ2n) is 5.81. The standard InChI is InChI=1S/C19H19FN2OS/c1-13(14-7-9-15(20)10-8-14)22(2)19(23)12-11-18-21-16-5-3-4-6-17(16)24-18/h3-10,13H,11-12H2,1-2H3/t13-/m1/s1. The fourth-order valence-corrected chi connectivity index (χ4v) is 3.56. The molecule has 0 radical (unpaired) electrons. The average molecular weight is 342 g/mol. The number of hydrogen-bond donors (Lipinski definition) is 0. The van der Waals surface area contributed by atoms with Gasteiger partial charge in [0.2, 0.25) is 5.91 Å². The van der Waals surface area contributed by atoms with E-state index in [4.69, 9.17) is 0 Å². The van der Waals surface area contributed by atoms with Crippen molar-refractivity contribution in [3.8, 4) is 0 Å². The molecule has 1 atom stereocenters. The third-order valence-corrected chi connectivity index (χ3v) is 5.31. The van der Waals surface area contributed by atoms with Gasteiger partial charge in [0, 0.05) is 19.9 Å². The van der Waals surface area contributed by atoms with Crippen LogP contribution < -0.4 is 0 Å². The molecule has 0 spiro atoms. The maximum absolute atomic E-state index is 13.0. The normalized spacial score (nSPS) is 12.3. The molecule has 0 N–H and O–H groups in total. The fourth-order valence-electron chi connectivity index (χ4n) is 2.60. The Kier molecular flexibility index (Phi) is 4.90. The molecule has 0 aliphatic rings. The second kappa shape index (κ2) is 7.09. The summed E-state index contributed by atoms with van der Waals surface area (Å²) in [5.74, 6) is -0.207. The number of hydrogen-bond acceptors (Lipinski definition) is 3. The minimum absolute atomic E-state index is 0.0612. The molecule has 0 unspecified atom stereocenters. The van der Waals surface area contributed by atoms with E-state index in [1.54, 1.807) is 35.4 Å². The van der Waals surface area contributed by atoms with Gasteiger partial charge in [-0.1, -0.05) is 24.3 Å². The number of para-hydroxylation sites is 1. The fraction of sp³-hybridized carbons (Fsp3) is 0.263. The molecule has 3 aromatic rings. The molecular formula is C19H19FN2OS. The molecule has 5 heteroatoms. The van der Waals surface area contributed by atoms with Gasteiger partial charge in [-0.25, -0.2) is 9.37 Å². The largest absolute Gasteiger partial charge is 0.339 e. The lowest BCUT2D eigenvalue weighted by Gasteiger charge is -2.25. The van der Waals surface area contributed by atoms with Gasteiger partial charge in [-0.15, -0.1) is 11.3 Å². The van der Waals surface area contributed by atoms with Crippen LogP contribution in [0, 0.1) is 5.82 Å². The summed E-state index contributed by atoms with van der Waals surface area (Å²) in [5, 5.41) is 0.979. The van der Waals surface area contributed by atoms with Crippen molar-refractivity contribution in [2.24, 2.45) is 0 Å². The zero-order chi connectivity index (χ0) is 17.1. The molecule has 0 saturated heterocycles. The lowest BCUT2D eigenvalue weighted by atomic mass is 10.1. The van der Waals surface area contributed by atoms with Crippen molar-refractivity contribution in [3.05, 3.63) is 64.9 Å². The van der Waals surface area contributed by atoms with Gasteiger partial charge in [0.25, 0.3) is 0 Å². The van der Waals surface area contributed by atoms with Crippen LogP contribution >= 0.6 is 11.3 Å². The number of carbonyl (C=O) groups is 1. The lowest BCUT2D eigenvalue weighted by molar-refractivity contribution is -0.131. The van der Waals surface area contributed by atoms with Crippen LogP contribution in [0.1, 0.15) is 30.0 Å². The molecule has 24 heavy (non-hydrogen) atoms. The maximum Gasteiger partial charge on any atom is 0.223 e. The maximum atomic E-state index is 13.0. The highest BCUT2D eigenvalue weighted by Crippen LogP contribution is 2.24. The second-order valence-corrected chi connectivity index (χ2v) is 6.92. The highest BCUT2D eigenvalue weighted by molar-refractivity contribution is 7.18. The van der Waals surface area contributed by atoms with Gasteiger partial charge in [0.1, 0.15) is 5.82 Å². The Morgan fingerprint density at radius 2 is 1.92 bits per heavy atom. The summed E-state index contributed by atoms with van der Waals surface area (Å²) in [6.07, 6.45) is 1.06. The first-order chi connectivity index (χ1) is 11.5. The molecule has 1 amide bonds. The molecule has 0 aliphatic heterocycles. The van der Waals surface area contributed by atoms with E-state index in [2.05, 4.69) is 4.98 Å². The molecule has 0 fully saturated rings. The molecule has 3 rings (SSSR count). The minimum Gasteiger partial charge on any atom is -0.339 e. The summed E-state index contributed by atoms with van der Waals surface area (Å²) < 4.78 is 14.2. The van der Waals surface area contributed by atoms with Crippen LogP contribution in [-0.4, -0.2) is 22.8 Å². The van der Waals surface area contributed by atoms with Gasteiger partial charge in [0.15, 0.2) is 0 Å². The number of halogens is 1. The smallest absolute Gasteiger partial charge is 0.223 e. The van der Waals surface area contributed by atoms with Crippen molar-refractivity contribution in [1.82, 2.24) is 9.88 Å². The average Bonchev–Trinajstić information content (AvgIpc) is 3.02. The van der Waals surface area contributed by atoms with Crippen molar-refractivity contribution < 1.29 is 9.18 Å². The molecule has 0 aliphatic carbocycles. The quantitative estimate of drug-likeness (QED) is 0.679. The number of benzene rings is 2. The first-order valence-corrected chi connectivity index (χ1v) is 8.72. The van der Waals surface area contributed by atoms with Gasteiger partial charge < -0.3 is 4.90 Å². The van der Waals surface area contributed by atoms with Crippen molar-refractivity contribution >= 4 is 27.5 Å². The number of thiazole rings is 1. The number of carbonyl (C=O) groups excluding carboxylic acids is 1. The Morgan fingerprint density at radius 1 is 1.21 bits per heavy atom. The molecule has 3 nitrogen and oxygen atoms in total. The molecule has 0 saturated carbocycles. The summed E-state index contributed by atoms with van der Waals surface area (Å²) >= 11 is 1.63. The Hall–Kier alpha value is -2.27. The third kappa shape index (κ3) is 3.62. The summed E-state index contributed by atoms with van der Waals surface area (Å²) in [5.41, 5.74) is 1.91. The number of nitrogens with zero attached hydrogens (tertiary/aromatic N) is 2. The van der Waals surface area contributed by atoms with Crippen LogP contribution in [0.5, 0.6) is 0 Å². The third-order valence-electron chi connectivity index (χ3n) is 4.22. The van der Waals surface area contributed by atoms with Crippen LogP contribution in [-0.2, 0) is 11.2 Å². The molecule has 1 heterocycles. The number of amides is 1. The lowest BCUT2D eigenvalue weighted by Crippen LogP contribution is -2.29. The number of fused-ring (bicyclic) bond motifs is 1. The van der Waals surface area contributed by atoms with Gasteiger partial charge in [0.05, 0.1) is 21.3 Å². The number of rotatable bonds is 5.